The number of carbonyl (C=O) groups is 1. The first kappa shape index (κ1) is 21.5. The number of pyridine rings is 1. The van der Waals surface area contributed by atoms with Gasteiger partial charge >= 0.3 is 5.97 Å². The highest BCUT2D eigenvalue weighted by Crippen LogP contribution is 2.37. The van der Waals surface area contributed by atoms with Gasteiger partial charge in [-0.1, -0.05) is 23.7 Å². The van der Waals surface area contributed by atoms with Gasteiger partial charge in [0, 0.05) is 22.3 Å². The maximum Gasteiger partial charge on any atom is 0.307 e. The number of aromatic nitrogens is 2. The minimum Gasteiger partial charge on any atom is -0.493 e. The first-order valence-electron chi connectivity index (χ1n) is 10.8. The minimum atomic E-state index is -0.903. The molecule has 1 aliphatic rings. The first-order valence-corrected chi connectivity index (χ1v) is 11.2. The lowest BCUT2D eigenvalue weighted by Gasteiger charge is -2.20. The zero-order valence-corrected chi connectivity index (χ0v) is 18.8. The average Bonchev–Trinajstić information content (AvgIpc) is 3.17. The Morgan fingerprint density at radius 2 is 2.09 bits per heavy atom. The van der Waals surface area contributed by atoms with Crippen LogP contribution in [-0.4, -0.2) is 27.2 Å². The van der Waals surface area contributed by atoms with Crippen LogP contribution in [-0.2, 0) is 24.2 Å². The van der Waals surface area contributed by atoms with Gasteiger partial charge in [-0.15, -0.1) is 0 Å². The lowest BCUT2D eigenvalue weighted by atomic mass is 9.92. The molecule has 0 bridgehead atoms. The van der Waals surface area contributed by atoms with Crippen LogP contribution in [0.3, 0.4) is 0 Å². The molecule has 0 radical (unpaired) electrons. The molecule has 3 heterocycles. The Labute approximate surface area is 195 Å². The number of ether oxygens (including phenoxy) is 1. The molecule has 0 unspecified atom stereocenters. The Balaban J connectivity index is 1.68. The molecule has 5 nitrogen and oxygen atoms in total. The Kier molecular flexibility index (Phi) is 5.54. The van der Waals surface area contributed by atoms with Crippen molar-refractivity contribution in [2.75, 3.05) is 6.61 Å². The molecule has 0 aliphatic carbocycles. The summed E-state index contributed by atoms with van der Waals surface area (Å²) in [7, 11) is 0. The van der Waals surface area contributed by atoms with E-state index in [1.54, 1.807) is 6.07 Å². The van der Waals surface area contributed by atoms with Crippen molar-refractivity contribution in [3.8, 4) is 16.9 Å². The third kappa shape index (κ3) is 4.07. The van der Waals surface area contributed by atoms with Crippen molar-refractivity contribution in [3.05, 3.63) is 81.9 Å². The van der Waals surface area contributed by atoms with Crippen molar-refractivity contribution in [3.63, 3.8) is 0 Å². The van der Waals surface area contributed by atoms with Crippen LogP contribution in [0.1, 0.15) is 28.8 Å². The van der Waals surface area contributed by atoms with E-state index in [2.05, 4.69) is 6.07 Å². The van der Waals surface area contributed by atoms with Crippen molar-refractivity contribution in [2.24, 2.45) is 0 Å². The summed E-state index contributed by atoms with van der Waals surface area (Å²) in [5.41, 5.74) is 5.81. The third-order valence-corrected chi connectivity index (χ3v) is 6.45. The van der Waals surface area contributed by atoms with Crippen molar-refractivity contribution in [2.45, 2.75) is 32.7 Å². The summed E-state index contributed by atoms with van der Waals surface area (Å²) in [5, 5.41) is 10.8. The zero-order chi connectivity index (χ0) is 23.1. The van der Waals surface area contributed by atoms with Crippen LogP contribution >= 0.6 is 11.6 Å². The van der Waals surface area contributed by atoms with Gasteiger partial charge in [-0.3, -0.25) is 4.79 Å². The lowest BCUT2D eigenvalue weighted by Crippen LogP contribution is -2.10. The van der Waals surface area contributed by atoms with Gasteiger partial charge < -0.3 is 14.4 Å². The van der Waals surface area contributed by atoms with E-state index < -0.39 is 5.97 Å². The molecule has 0 fully saturated rings. The molecular weight excluding hydrogens is 443 g/mol. The van der Waals surface area contributed by atoms with Gasteiger partial charge in [-0.05, 0) is 77.9 Å². The van der Waals surface area contributed by atoms with Gasteiger partial charge in [0.2, 0.25) is 0 Å². The molecule has 168 valence electrons. The number of carboxylic acid groups (broad SMARTS) is 1. The number of aryl methyl sites for hydroxylation is 2. The number of carboxylic acids is 1. The summed E-state index contributed by atoms with van der Waals surface area (Å²) in [6.45, 7) is 2.97. The molecule has 1 N–H and O–H groups in total. The quantitative estimate of drug-likeness (QED) is 0.405. The standard InChI is InChI=1S/C26H22ClFN2O3/c1-15-21(13-24(31)32)25(17-5-7-23-16(11-17)3-2-10-33-23)20-8-9-30(26(20)29-15)14-18-4-6-19(28)12-22(18)27/h4-9,11-12H,2-3,10,13-14H2,1H3,(H,31,32). The normalized spacial score (nSPS) is 13.1. The fourth-order valence-electron chi connectivity index (χ4n) is 4.53. The highest BCUT2D eigenvalue weighted by molar-refractivity contribution is 6.31. The van der Waals surface area contributed by atoms with Gasteiger partial charge in [0.15, 0.2) is 0 Å². The topological polar surface area (TPSA) is 64.4 Å². The van der Waals surface area contributed by atoms with Crippen LogP contribution in [0.15, 0.2) is 48.7 Å². The SMILES string of the molecule is Cc1nc2c(ccn2Cc2ccc(F)cc2Cl)c(-c2ccc3c(c2)CCCO3)c1CC(=O)O. The molecule has 2 aromatic heterocycles. The molecule has 0 spiro atoms. The average molecular weight is 465 g/mol. The number of fused-ring (bicyclic) bond motifs is 2. The Hall–Kier alpha value is -3.38. The zero-order valence-electron chi connectivity index (χ0n) is 18.1. The lowest BCUT2D eigenvalue weighted by molar-refractivity contribution is -0.136. The van der Waals surface area contributed by atoms with Crippen LogP contribution in [0, 0.1) is 12.7 Å². The van der Waals surface area contributed by atoms with Gasteiger partial charge in [-0.2, -0.15) is 0 Å². The molecule has 0 saturated heterocycles. The van der Waals surface area contributed by atoms with Crippen LogP contribution in [0.4, 0.5) is 4.39 Å². The molecule has 1 aliphatic heterocycles. The predicted octanol–water partition coefficient (Wildman–Crippen LogP) is 5.80. The summed E-state index contributed by atoms with van der Waals surface area (Å²) < 4.78 is 21.2. The molecule has 0 atom stereocenters. The molecular formula is C26H22ClFN2O3. The number of aliphatic carboxylic acids is 1. The molecule has 2 aromatic carbocycles. The molecule has 7 heteroatoms. The summed E-state index contributed by atoms with van der Waals surface area (Å²) in [6.07, 6.45) is 3.67. The summed E-state index contributed by atoms with van der Waals surface area (Å²) in [6, 6.07) is 12.4. The van der Waals surface area contributed by atoms with E-state index in [0.717, 1.165) is 51.9 Å². The number of hydrogen-bond donors (Lipinski definition) is 1. The van der Waals surface area contributed by atoms with E-state index in [4.69, 9.17) is 21.3 Å². The Morgan fingerprint density at radius 1 is 1.24 bits per heavy atom. The van der Waals surface area contributed by atoms with E-state index >= 15 is 0 Å². The third-order valence-electron chi connectivity index (χ3n) is 6.10. The Bertz CT molecular complexity index is 1400. The van der Waals surface area contributed by atoms with Crippen molar-refractivity contribution < 1.29 is 19.0 Å². The number of benzene rings is 2. The van der Waals surface area contributed by atoms with Gasteiger partial charge in [0.05, 0.1) is 19.6 Å². The summed E-state index contributed by atoms with van der Waals surface area (Å²) in [4.78, 5) is 16.4. The maximum atomic E-state index is 13.5. The maximum absolute atomic E-state index is 13.5. The van der Waals surface area contributed by atoms with Crippen molar-refractivity contribution in [1.29, 1.82) is 0 Å². The summed E-state index contributed by atoms with van der Waals surface area (Å²) in [5.74, 6) is -0.401. The molecule has 0 amide bonds. The number of hydrogen-bond acceptors (Lipinski definition) is 3. The largest absolute Gasteiger partial charge is 0.493 e. The monoisotopic (exact) mass is 464 g/mol. The van der Waals surface area contributed by atoms with E-state index in [9.17, 15) is 14.3 Å². The smallest absolute Gasteiger partial charge is 0.307 e. The summed E-state index contributed by atoms with van der Waals surface area (Å²) >= 11 is 6.26. The van der Waals surface area contributed by atoms with Crippen LogP contribution in [0.2, 0.25) is 5.02 Å². The number of nitrogens with zero attached hydrogens (tertiary/aromatic N) is 2. The second kappa shape index (κ2) is 8.52. The highest BCUT2D eigenvalue weighted by Gasteiger charge is 2.21. The fourth-order valence-corrected chi connectivity index (χ4v) is 4.75. The second-order valence-electron chi connectivity index (χ2n) is 8.31. The molecule has 0 saturated carbocycles. The van der Waals surface area contributed by atoms with E-state index in [-0.39, 0.29) is 12.2 Å². The first-order chi connectivity index (χ1) is 15.9. The van der Waals surface area contributed by atoms with Crippen LogP contribution < -0.4 is 4.74 Å². The molecule has 33 heavy (non-hydrogen) atoms. The number of rotatable bonds is 5. The van der Waals surface area contributed by atoms with Crippen LogP contribution in [0.5, 0.6) is 5.75 Å². The minimum absolute atomic E-state index is 0.118. The predicted molar refractivity (Wildman–Crippen MR) is 126 cm³/mol. The van der Waals surface area contributed by atoms with Crippen LogP contribution in [0.25, 0.3) is 22.2 Å². The van der Waals surface area contributed by atoms with E-state index in [1.807, 2.05) is 35.9 Å². The molecule has 4 aromatic rings. The van der Waals surface area contributed by atoms with Crippen molar-refractivity contribution in [1.82, 2.24) is 9.55 Å². The van der Waals surface area contributed by atoms with Gasteiger partial charge in [0.25, 0.3) is 0 Å². The fraction of sp³-hybridized carbons (Fsp3) is 0.231. The second-order valence-corrected chi connectivity index (χ2v) is 8.72. The Morgan fingerprint density at radius 3 is 2.88 bits per heavy atom. The number of halogens is 2. The van der Waals surface area contributed by atoms with E-state index in [0.29, 0.717) is 29.4 Å². The van der Waals surface area contributed by atoms with Gasteiger partial charge in [0.1, 0.15) is 17.2 Å². The highest BCUT2D eigenvalue weighted by atomic mass is 35.5. The van der Waals surface area contributed by atoms with Gasteiger partial charge in [-0.25, -0.2) is 9.37 Å². The van der Waals surface area contributed by atoms with Crippen molar-refractivity contribution >= 4 is 28.6 Å². The van der Waals surface area contributed by atoms with E-state index in [1.165, 1.54) is 12.1 Å². The molecule has 5 rings (SSSR count).